The van der Waals surface area contributed by atoms with Gasteiger partial charge in [0, 0.05) is 28.5 Å². The third-order valence-electron chi connectivity index (χ3n) is 5.95. The quantitative estimate of drug-likeness (QED) is 0.406. The highest BCUT2D eigenvalue weighted by Gasteiger charge is 2.35. The van der Waals surface area contributed by atoms with Crippen LogP contribution in [0.25, 0.3) is 6.08 Å². The molecule has 0 aliphatic carbocycles. The maximum Gasteiger partial charge on any atom is 0.268 e. The van der Waals surface area contributed by atoms with Crippen LogP contribution in [0.2, 0.25) is 0 Å². The van der Waals surface area contributed by atoms with Gasteiger partial charge in [-0.15, -0.1) is 11.3 Å². The van der Waals surface area contributed by atoms with Crippen molar-refractivity contribution >= 4 is 29.2 Å². The van der Waals surface area contributed by atoms with E-state index >= 15 is 0 Å². The van der Waals surface area contributed by atoms with Crippen molar-refractivity contribution in [2.45, 2.75) is 31.9 Å². The van der Waals surface area contributed by atoms with Crippen LogP contribution >= 0.6 is 11.3 Å². The third-order valence-corrected chi connectivity index (χ3v) is 6.77. The number of carbonyl (C=O) groups excluding carboxylic acids is 2. The molecular weight excluding hydrogens is 492 g/mol. The van der Waals surface area contributed by atoms with E-state index in [1.807, 2.05) is 49.6 Å². The van der Waals surface area contributed by atoms with E-state index in [0.29, 0.717) is 35.0 Å². The van der Waals surface area contributed by atoms with Crippen molar-refractivity contribution in [1.82, 2.24) is 10.6 Å². The van der Waals surface area contributed by atoms with E-state index in [1.54, 1.807) is 31.4 Å². The number of methoxy groups -OCH3 is 3. The predicted octanol–water partition coefficient (Wildman–Crippen LogP) is 4.96. The van der Waals surface area contributed by atoms with Gasteiger partial charge in [0.25, 0.3) is 11.8 Å². The first kappa shape index (κ1) is 26.1. The van der Waals surface area contributed by atoms with Gasteiger partial charge in [0.1, 0.15) is 22.8 Å². The molecule has 194 valence electrons. The Hall–Kier alpha value is -3.98. The van der Waals surface area contributed by atoms with Crippen LogP contribution in [0, 0.1) is 0 Å². The summed E-state index contributed by atoms with van der Waals surface area (Å²) in [5, 5.41) is 7.78. The molecule has 0 fully saturated rings. The van der Waals surface area contributed by atoms with Crippen molar-refractivity contribution in [1.29, 1.82) is 0 Å². The zero-order chi connectivity index (χ0) is 26.6. The fourth-order valence-corrected chi connectivity index (χ4v) is 4.83. The molecule has 4 rings (SSSR count). The molecule has 9 heteroatoms. The van der Waals surface area contributed by atoms with Gasteiger partial charge in [-0.2, -0.15) is 0 Å². The summed E-state index contributed by atoms with van der Waals surface area (Å²) in [7, 11) is 4.62. The summed E-state index contributed by atoms with van der Waals surface area (Å²) in [6, 6.07) is 13.8. The molecule has 0 bridgehead atoms. The number of benzene rings is 2. The zero-order valence-corrected chi connectivity index (χ0v) is 22.2. The Morgan fingerprint density at radius 2 is 1.81 bits per heavy atom. The smallest absolute Gasteiger partial charge is 0.268 e. The molecule has 37 heavy (non-hydrogen) atoms. The molecule has 0 spiro atoms. The van der Waals surface area contributed by atoms with E-state index < -0.39 is 17.4 Å². The first-order valence-corrected chi connectivity index (χ1v) is 12.6. The van der Waals surface area contributed by atoms with Crippen LogP contribution in [0.1, 0.15) is 47.1 Å². The maximum absolute atomic E-state index is 13.6. The van der Waals surface area contributed by atoms with Crippen LogP contribution < -0.4 is 29.6 Å². The molecule has 1 aromatic heterocycles. The van der Waals surface area contributed by atoms with Gasteiger partial charge in [0.15, 0.2) is 11.5 Å². The topological polar surface area (TPSA) is 95.1 Å². The summed E-state index contributed by atoms with van der Waals surface area (Å²) < 4.78 is 22.1. The average Bonchev–Trinajstić information content (AvgIpc) is 3.39. The molecule has 0 saturated carbocycles. The van der Waals surface area contributed by atoms with Crippen molar-refractivity contribution in [3.63, 3.8) is 0 Å². The molecule has 0 unspecified atom stereocenters. The molecule has 2 aromatic carbocycles. The number of thiophene rings is 1. The van der Waals surface area contributed by atoms with Gasteiger partial charge >= 0.3 is 0 Å². The van der Waals surface area contributed by atoms with Crippen LogP contribution in [-0.2, 0) is 4.79 Å². The Bertz CT molecular complexity index is 1320. The highest BCUT2D eigenvalue weighted by molar-refractivity contribution is 7.10. The number of rotatable bonds is 8. The number of amides is 2. The molecule has 8 nitrogen and oxygen atoms in total. The average molecular weight is 523 g/mol. The largest absolute Gasteiger partial charge is 0.497 e. The molecule has 2 heterocycles. The van der Waals surface area contributed by atoms with Gasteiger partial charge in [-0.3, -0.25) is 9.59 Å². The van der Waals surface area contributed by atoms with E-state index in [-0.39, 0.29) is 11.7 Å². The molecule has 1 atom stereocenters. The molecule has 2 N–H and O–H groups in total. The van der Waals surface area contributed by atoms with Gasteiger partial charge < -0.3 is 29.6 Å². The Morgan fingerprint density at radius 3 is 2.49 bits per heavy atom. The van der Waals surface area contributed by atoms with Crippen molar-refractivity contribution in [3.05, 3.63) is 75.6 Å². The van der Waals surface area contributed by atoms with E-state index in [2.05, 4.69) is 10.6 Å². The van der Waals surface area contributed by atoms with Gasteiger partial charge in [-0.1, -0.05) is 6.07 Å². The molecule has 1 aliphatic heterocycles. The Morgan fingerprint density at radius 1 is 1.03 bits per heavy atom. The summed E-state index contributed by atoms with van der Waals surface area (Å²) in [4.78, 5) is 27.6. The Balaban J connectivity index is 1.62. The van der Waals surface area contributed by atoms with E-state index in [1.165, 1.54) is 25.6 Å². The number of carbonyl (C=O) groups is 2. The standard InChI is InChI=1S/C28H30N2O6S/c1-28(2)16-22(20-10-9-18(33-3)14-24(20)36-28)30-27(32)21(15-19-7-6-12-37-19)29-26(31)17-8-11-23(34-4)25(13-17)35-5/h6-15,22H,16H2,1-5H3,(H,29,31)(H,30,32)/b21-15-/t22-/m1/s1. The normalized spacial score (nSPS) is 16.1. The molecule has 0 saturated heterocycles. The molecule has 2 amide bonds. The molecule has 3 aromatic rings. The number of nitrogens with one attached hydrogen (secondary N) is 2. The summed E-state index contributed by atoms with van der Waals surface area (Å²) >= 11 is 1.46. The molecular formula is C28H30N2O6S. The van der Waals surface area contributed by atoms with Crippen LogP contribution in [0.5, 0.6) is 23.0 Å². The van der Waals surface area contributed by atoms with E-state index in [0.717, 1.165) is 10.4 Å². The fourth-order valence-electron chi connectivity index (χ4n) is 4.17. The summed E-state index contributed by atoms with van der Waals surface area (Å²) in [5.74, 6) is 1.38. The van der Waals surface area contributed by atoms with Gasteiger partial charge in [0.05, 0.1) is 27.4 Å². The van der Waals surface area contributed by atoms with Gasteiger partial charge in [0.2, 0.25) is 0 Å². The predicted molar refractivity (Wildman–Crippen MR) is 143 cm³/mol. The summed E-state index contributed by atoms with van der Waals surface area (Å²) in [5.41, 5.74) is 0.779. The third kappa shape index (κ3) is 6.06. The van der Waals surface area contributed by atoms with Gasteiger partial charge in [-0.25, -0.2) is 0 Å². The van der Waals surface area contributed by atoms with Crippen LogP contribution in [0.15, 0.2) is 59.6 Å². The van der Waals surface area contributed by atoms with E-state index in [9.17, 15) is 9.59 Å². The second-order valence-corrected chi connectivity index (χ2v) is 10.1. The number of hydrogen-bond donors (Lipinski definition) is 2. The van der Waals surface area contributed by atoms with Crippen molar-refractivity contribution in [2.75, 3.05) is 21.3 Å². The highest BCUT2D eigenvalue weighted by Crippen LogP contribution is 2.41. The highest BCUT2D eigenvalue weighted by atomic mass is 32.1. The minimum atomic E-state index is -0.516. The lowest BCUT2D eigenvalue weighted by Crippen LogP contribution is -2.43. The lowest BCUT2D eigenvalue weighted by Gasteiger charge is -2.38. The van der Waals surface area contributed by atoms with Crippen LogP contribution in [0.4, 0.5) is 0 Å². The van der Waals surface area contributed by atoms with Crippen LogP contribution in [-0.4, -0.2) is 38.7 Å². The number of ether oxygens (including phenoxy) is 4. The Kier molecular flexibility index (Phi) is 7.73. The summed E-state index contributed by atoms with van der Waals surface area (Å²) in [6.45, 7) is 3.94. The summed E-state index contributed by atoms with van der Waals surface area (Å²) in [6.07, 6.45) is 2.21. The minimum Gasteiger partial charge on any atom is -0.497 e. The second-order valence-electron chi connectivity index (χ2n) is 9.09. The fraction of sp³-hybridized carbons (Fsp3) is 0.286. The van der Waals surface area contributed by atoms with Crippen molar-refractivity contribution in [2.24, 2.45) is 0 Å². The lowest BCUT2D eigenvalue weighted by atomic mass is 9.89. The second kappa shape index (κ2) is 11.0. The van der Waals surface area contributed by atoms with Crippen molar-refractivity contribution < 1.29 is 28.5 Å². The zero-order valence-electron chi connectivity index (χ0n) is 21.4. The monoisotopic (exact) mass is 522 g/mol. The first-order valence-electron chi connectivity index (χ1n) is 11.7. The molecule has 1 aliphatic rings. The first-order chi connectivity index (χ1) is 17.7. The number of hydrogen-bond acceptors (Lipinski definition) is 7. The number of fused-ring (bicyclic) bond motifs is 1. The van der Waals surface area contributed by atoms with Crippen LogP contribution in [0.3, 0.4) is 0 Å². The Labute approximate surface area is 220 Å². The molecule has 0 radical (unpaired) electrons. The van der Waals surface area contributed by atoms with E-state index in [4.69, 9.17) is 18.9 Å². The van der Waals surface area contributed by atoms with Gasteiger partial charge in [-0.05, 0) is 61.7 Å². The lowest BCUT2D eigenvalue weighted by molar-refractivity contribution is -0.119. The maximum atomic E-state index is 13.6. The SMILES string of the molecule is COc1ccc2c(c1)OC(C)(C)C[C@H]2NC(=O)/C(=C/c1cccs1)NC(=O)c1ccc(OC)c(OC)c1. The van der Waals surface area contributed by atoms with Crippen molar-refractivity contribution in [3.8, 4) is 23.0 Å². The minimum absolute atomic E-state index is 0.126.